The summed E-state index contributed by atoms with van der Waals surface area (Å²) in [5, 5.41) is 3.82. The summed E-state index contributed by atoms with van der Waals surface area (Å²) in [6.45, 7) is 6.11. The molecule has 2 aromatic rings. The van der Waals surface area contributed by atoms with Gasteiger partial charge >= 0.3 is 0 Å². The summed E-state index contributed by atoms with van der Waals surface area (Å²) >= 11 is 5.81. The molecule has 1 aromatic heterocycles. The second-order valence-corrected chi connectivity index (χ2v) is 5.35. The zero-order valence-corrected chi connectivity index (χ0v) is 11.8. The second kappa shape index (κ2) is 5.21. The molecule has 1 atom stereocenters. The van der Waals surface area contributed by atoms with E-state index in [1.165, 1.54) is 6.07 Å². The molecule has 0 saturated carbocycles. The Morgan fingerprint density at radius 3 is 2.63 bits per heavy atom. The molecule has 2 rings (SSSR count). The van der Waals surface area contributed by atoms with E-state index in [-0.39, 0.29) is 16.8 Å². The van der Waals surface area contributed by atoms with Gasteiger partial charge in [-0.1, -0.05) is 49.7 Å². The number of halogens is 2. The zero-order valence-electron chi connectivity index (χ0n) is 11.1. The van der Waals surface area contributed by atoms with E-state index in [0.717, 1.165) is 0 Å². The van der Waals surface area contributed by atoms with Gasteiger partial charge in [-0.3, -0.25) is 0 Å². The SMILES string of the molecule is CC(C)C(C)c1onc(N)c1-c1cccc(Cl)c1F. The third kappa shape index (κ3) is 2.45. The Labute approximate surface area is 116 Å². The van der Waals surface area contributed by atoms with Gasteiger partial charge < -0.3 is 10.3 Å². The van der Waals surface area contributed by atoms with Crippen molar-refractivity contribution in [3.05, 3.63) is 34.8 Å². The van der Waals surface area contributed by atoms with Crippen molar-refractivity contribution in [2.45, 2.75) is 26.7 Å². The Balaban J connectivity index is 2.62. The van der Waals surface area contributed by atoms with Gasteiger partial charge in [0.1, 0.15) is 11.6 Å². The molecule has 1 aromatic carbocycles. The molecule has 0 aliphatic heterocycles. The van der Waals surface area contributed by atoms with Gasteiger partial charge in [0.25, 0.3) is 0 Å². The molecule has 102 valence electrons. The molecule has 1 heterocycles. The summed E-state index contributed by atoms with van der Waals surface area (Å²) in [4.78, 5) is 0. The highest BCUT2D eigenvalue weighted by atomic mass is 35.5. The number of aromatic nitrogens is 1. The van der Waals surface area contributed by atoms with Gasteiger partial charge in [-0.2, -0.15) is 0 Å². The summed E-state index contributed by atoms with van der Waals surface area (Å²) in [5.74, 6) is 0.681. The van der Waals surface area contributed by atoms with E-state index in [9.17, 15) is 4.39 Å². The lowest BCUT2D eigenvalue weighted by atomic mass is 9.90. The number of hydrogen-bond donors (Lipinski definition) is 1. The predicted molar refractivity (Wildman–Crippen MR) is 74.6 cm³/mol. The van der Waals surface area contributed by atoms with Crippen molar-refractivity contribution in [3.8, 4) is 11.1 Å². The van der Waals surface area contributed by atoms with Crippen LogP contribution in [0, 0.1) is 11.7 Å². The molecule has 5 heteroatoms. The maximum atomic E-state index is 14.1. The van der Waals surface area contributed by atoms with Gasteiger partial charge in [0, 0.05) is 11.5 Å². The monoisotopic (exact) mass is 282 g/mol. The first kappa shape index (κ1) is 13.9. The Hall–Kier alpha value is -1.55. The molecule has 0 aliphatic rings. The van der Waals surface area contributed by atoms with Crippen LogP contribution in [-0.4, -0.2) is 5.16 Å². The number of benzene rings is 1. The third-order valence-electron chi connectivity index (χ3n) is 3.38. The molecule has 1 unspecified atom stereocenters. The van der Waals surface area contributed by atoms with Crippen molar-refractivity contribution in [1.82, 2.24) is 5.16 Å². The quantitative estimate of drug-likeness (QED) is 0.903. The normalized spacial score (nSPS) is 12.9. The number of nitrogens with two attached hydrogens (primary N) is 1. The van der Waals surface area contributed by atoms with E-state index in [2.05, 4.69) is 19.0 Å². The molecule has 3 nitrogen and oxygen atoms in total. The molecular weight excluding hydrogens is 267 g/mol. The fraction of sp³-hybridized carbons (Fsp3) is 0.357. The van der Waals surface area contributed by atoms with Gasteiger partial charge in [-0.15, -0.1) is 0 Å². The van der Waals surface area contributed by atoms with Crippen LogP contribution in [0.1, 0.15) is 32.4 Å². The van der Waals surface area contributed by atoms with Crippen molar-refractivity contribution in [1.29, 1.82) is 0 Å². The van der Waals surface area contributed by atoms with Gasteiger partial charge in [-0.05, 0) is 12.0 Å². The van der Waals surface area contributed by atoms with Crippen LogP contribution in [0.3, 0.4) is 0 Å². The minimum Gasteiger partial charge on any atom is -0.380 e. The molecule has 0 aliphatic carbocycles. The van der Waals surface area contributed by atoms with E-state index in [4.69, 9.17) is 21.9 Å². The van der Waals surface area contributed by atoms with Crippen LogP contribution < -0.4 is 5.73 Å². The molecule has 19 heavy (non-hydrogen) atoms. The van der Waals surface area contributed by atoms with Crippen molar-refractivity contribution in [2.75, 3.05) is 5.73 Å². The highest BCUT2D eigenvalue weighted by Gasteiger charge is 2.25. The van der Waals surface area contributed by atoms with E-state index >= 15 is 0 Å². The number of rotatable bonds is 3. The van der Waals surface area contributed by atoms with Crippen LogP contribution in [0.4, 0.5) is 10.2 Å². The Morgan fingerprint density at radius 1 is 1.32 bits per heavy atom. The minimum atomic E-state index is -0.503. The van der Waals surface area contributed by atoms with E-state index in [1.54, 1.807) is 12.1 Å². The smallest absolute Gasteiger partial charge is 0.175 e. The minimum absolute atomic E-state index is 0.0567. The molecule has 0 amide bonds. The number of anilines is 1. The lowest BCUT2D eigenvalue weighted by molar-refractivity contribution is 0.341. The number of nitrogen functional groups attached to an aromatic ring is 1. The fourth-order valence-corrected chi connectivity index (χ4v) is 2.07. The van der Waals surface area contributed by atoms with Crippen LogP contribution in [0.25, 0.3) is 11.1 Å². The summed E-state index contributed by atoms with van der Waals surface area (Å²) < 4.78 is 19.4. The first-order valence-corrected chi connectivity index (χ1v) is 6.50. The van der Waals surface area contributed by atoms with Crippen LogP contribution in [0.15, 0.2) is 22.7 Å². The van der Waals surface area contributed by atoms with Gasteiger partial charge in [0.05, 0.1) is 10.6 Å². The van der Waals surface area contributed by atoms with Gasteiger partial charge in [0.2, 0.25) is 0 Å². The molecule has 0 spiro atoms. The average Bonchev–Trinajstić information content (AvgIpc) is 2.73. The number of hydrogen-bond acceptors (Lipinski definition) is 3. The molecular formula is C14H16ClFN2O. The first-order valence-electron chi connectivity index (χ1n) is 6.13. The van der Waals surface area contributed by atoms with E-state index in [0.29, 0.717) is 22.8 Å². The number of nitrogens with zero attached hydrogens (tertiary/aromatic N) is 1. The fourth-order valence-electron chi connectivity index (χ4n) is 1.90. The molecule has 2 N–H and O–H groups in total. The molecule has 0 bridgehead atoms. The summed E-state index contributed by atoms with van der Waals surface area (Å²) in [6.07, 6.45) is 0. The maximum absolute atomic E-state index is 14.1. The predicted octanol–water partition coefficient (Wildman–Crippen LogP) is 4.48. The van der Waals surface area contributed by atoms with E-state index in [1.807, 2.05) is 6.92 Å². The maximum Gasteiger partial charge on any atom is 0.175 e. The molecule has 0 saturated heterocycles. The first-order chi connectivity index (χ1) is 8.93. The van der Waals surface area contributed by atoms with Gasteiger partial charge in [-0.25, -0.2) is 4.39 Å². The van der Waals surface area contributed by atoms with E-state index < -0.39 is 5.82 Å². The van der Waals surface area contributed by atoms with Crippen molar-refractivity contribution in [2.24, 2.45) is 5.92 Å². The topological polar surface area (TPSA) is 52.0 Å². The van der Waals surface area contributed by atoms with Gasteiger partial charge in [0.15, 0.2) is 5.82 Å². The largest absolute Gasteiger partial charge is 0.380 e. The van der Waals surface area contributed by atoms with Crippen LogP contribution >= 0.6 is 11.6 Å². The summed E-state index contributed by atoms with van der Waals surface area (Å²) in [6, 6.07) is 4.80. The Kier molecular flexibility index (Phi) is 3.80. The standard InChI is InChI=1S/C14H16ClFN2O/c1-7(2)8(3)13-11(14(17)18-19-13)9-5-4-6-10(15)12(9)16/h4-8H,1-3H3,(H2,17,18). The second-order valence-electron chi connectivity index (χ2n) is 4.94. The molecule has 0 radical (unpaired) electrons. The zero-order chi connectivity index (χ0) is 14.2. The summed E-state index contributed by atoms with van der Waals surface area (Å²) in [7, 11) is 0. The average molecular weight is 283 g/mol. The van der Waals surface area contributed by atoms with Crippen molar-refractivity contribution < 1.29 is 8.91 Å². The van der Waals surface area contributed by atoms with Crippen LogP contribution in [0.5, 0.6) is 0 Å². The molecule has 0 fully saturated rings. The van der Waals surface area contributed by atoms with Crippen molar-refractivity contribution in [3.63, 3.8) is 0 Å². The highest BCUT2D eigenvalue weighted by molar-refractivity contribution is 6.31. The summed E-state index contributed by atoms with van der Waals surface area (Å²) in [5.41, 5.74) is 6.64. The van der Waals surface area contributed by atoms with Crippen LogP contribution in [-0.2, 0) is 0 Å². The van der Waals surface area contributed by atoms with Crippen molar-refractivity contribution >= 4 is 17.4 Å². The Morgan fingerprint density at radius 2 is 2.00 bits per heavy atom. The van der Waals surface area contributed by atoms with Crippen LogP contribution in [0.2, 0.25) is 5.02 Å². The highest BCUT2D eigenvalue weighted by Crippen LogP contribution is 2.39. The third-order valence-corrected chi connectivity index (χ3v) is 3.67. The lowest BCUT2D eigenvalue weighted by Crippen LogP contribution is -2.03. The lowest BCUT2D eigenvalue weighted by Gasteiger charge is -2.14. The Bertz CT molecular complexity index is 595.